The van der Waals surface area contributed by atoms with Crippen molar-refractivity contribution in [2.45, 2.75) is 6.04 Å². The number of hydrogen-bond acceptors (Lipinski definition) is 6. The first kappa shape index (κ1) is 22.7. The molecule has 1 fully saturated rings. The Morgan fingerprint density at radius 3 is 1.73 bits per heavy atom. The lowest BCUT2D eigenvalue weighted by Crippen LogP contribution is -2.45. The molecule has 6 nitrogen and oxygen atoms in total. The minimum Gasteiger partial charge on any atom is -0.496 e. The van der Waals surface area contributed by atoms with Gasteiger partial charge in [0.2, 0.25) is 0 Å². The van der Waals surface area contributed by atoms with Crippen molar-refractivity contribution in [2.75, 3.05) is 47.5 Å². The third-order valence-electron chi connectivity index (χ3n) is 5.98. The molecule has 172 valence electrons. The van der Waals surface area contributed by atoms with Crippen molar-refractivity contribution in [2.24, 2.45) is 5.10 Å². The summed E-state index contributed by atoms with van der Waals surface area (Å²) in [7, 11) is 4.88. The maximum Gasteiger partial charge on any atom is 0.164 e. The van der Waals surface area contributed by atoms with Crippen LogP contribution in [0.3, 0.4) is 0 Å². The molecule has 3 aromatic carbocycles. The molecular weight excluding hydrogens is 414 g/mol. The van der Waals surface area contributed by atoms with E-state index in [2.05, 4.69) is 70.6 Å². The molecule has 0 bridgehead atoms. The normalized spacial score (nSPS) is 14.6. The third kappa shape index (κ3) is 5.29. The molecule has 0 radical (unpaired) electrons. The van der Waals surface area contributed by atoms with Gasteiger partial charge in [-0.05, 0) is 17.2 Å². The second-order valence-corrected chi connectivity index (χ2v) is 7.91. The fourth-order valence-corrected chi connectivity index (χ4v) is 4.27. The summed E-state index contributed by atoms with van der Waals surface area (Å²) in [6.07, 6.45) is 1.84. The molecule has 1 aliphatic heterocycles. The number of nitrogens with zero attached hydrogens (tertiary/aromatic N) is 3. The summed E-state index contributed by atoms with van der Waals surface area (Å²) in [4.78, 5) is 2.54. The van der Waals surface area contributed by atoms with E-state index >= 15 is 0 Å². The first-order valence-corrected chi connectivity index (χ1v) is 11.2. The molecule has 3 aromatic rings. The van der Waals surface area contributed by atoms with Gasteiger partial charge in [-0.25, -0.2) is 0 Å². The molecule has 0 spiro atoms. The molecule has 1 saturated heterocycles. The summed E-state index contributed by atoms with van der Waals surface area (Å²) in [5.41, 5.74) is 3.48. The van der Waals surface area contributed by atoms with Crippen molar-refractivity contribution in [1.29, 1.82) is 0 Å². The minimum atomic E-state index is 0.240. The van der Waals surface area contributed by atoms with Gasteiger partial charge in [-0.1, -0.05) is 60.7 Å². The van der Waals surface area contributed by atoms with E-state index < -0.39 is 0 Å². The summed E-state index contributed by atoms with van der Waals surface area (Å²) < 4.78 is 16.3. The van der Waals surface area contributed by atoms with Gasteiger partial charge in [-0.15, -0.1) is 0 Å². The van der Waals surface area contributed by atoms with E-state index in [0.717, 1.165) is 31.7 Å². The Kier molecular flexibility index (Phi) is 7.47. The molecule has 0 aliphatic carbocycles. The second kappa shape index (κ2) is 10.9. The van der Waals surface area contributed by atoms with Crippen LogP contribution < -0.4 is 14.2 Å². The number of hydrogen-bond donors (Lipinski definition) is 0. The van der Waals surface area contributed by atoms with Crippen molar-refractivity contribution >= 4 is 6.21 Å². The number of rotatable bonds is 8. The van der Waals surface area contributed by atoms with Gasteiger partial charge in [0.1, 0.15) is 5.75 Å². The third-order valence-corrected chi connectivity index (χ3v) is 5.98. The van der Waals surface area contributed by atoms with Crippen LogP contribution in [-0.2, 0) is 0 Å². The molecule has 4 rings (SSSR count). The average Bonchev–Trinajstić information content (AvgIpc) is 2.89. The first-order valence-electron chi connectivity index (χ1n) is 11.2. The Labute approximate surface area is 196 Å². The monoisotopic (exact) mass is 445 g/mol. The Morgan fingerprint density at radius 1 is 0.697 bits per heavy atom. The molecule has 0 N–H and O–H groups in total. The predicted octanol–water partition coefficient (Wildman–Crippen LogP) is 4.45. The van der Waals surface area contributed by atoms with Crippen molar-refractivity contribution in [1.82, 2.24) is 9.91 Å². The van der Waals surface area contributed by atoms with E-state index in [-0.39, 0.29) is 6.04 Å². The molecule has 1 aliphatic rings. The number of methoxy groups -OCH3 is 3. The van der Waals surface area contributed by atoms with Crippen LogP contribution in [0.4, 0.5) is 0 Å². The van der Waals surface area contributed by atoms with Crippen LogP contribution in [0.25, 0.3) is 0 Å². The number of piperazine rings is 1. The van der Waals surface area contributed by atoms with Crippen LogP contribution in [0.2, 0.25) is 0 Å². The molecule has 33 heavy (non-hydrogen) atoms. The van der Waals surface area contributed by atoms with Gasteiger partial charge in [-0.2, -0.15) is 5.10 Å². The summed E-state index contributed by atoms with van der Waals surface area (Å²) >= 11 is 0. The Balaban J connectivity index is 1.48. The summed E-state index contributed by atoms with van der Waals surface area (Å²) in [6.45, 7) is 3.55. The molecule has 6 heteroatoms. The highest BCUT2D eigenvalue weighted by atomic mass is 16.5. The number of ether oxygens (including phenoxy) is 3. The highest BCUT2D eigenvalue weighted by Crippen LogP contribution is 2.34. The summed E-state index contributed by atoms with van der Waals surface area (Å²) in [6, 6.07) is 25.4. The minimum absolute atomic E-state index is 0.240. The van der Waals surface area contributed by atoms with Crippen molar-refractivity contribution in [3.8, 4) is 17.2 Å². The molecule has 0 unspecified atom stereocenters. The van der Waals surface area contributed by atoms with Crippen LogP contribution >= 0.6 is 0 Å². The van der Waals surface area contributed by atoms with Crippen LogP contribution in [0.15, 0.2) is 77.9 Å². The fraction of sp³-hybridized carbons (Fsp3) is 0.296. The second-order valence-electron chi connectivity index (χ2n) is 7.91. The lowest BCUT2D eigenvalue weighted by molar-refractivity contribution is 0.113. The smallest absolute Gasteiger partial charge is 0.164 e. The molecule has 1 heterocycles. The zero-order valence-corrected chi connectivity index (χ0v) is 19.5. The maximum absolute atomic E-state index is 5.52. The van der Waals surface area contributed by atoms with Crippen LogP contribution in [-0.4, -0.2) is 63.6 Å². The molecule has 0 amide bonds. The van der Waals surface area contributed by atoms with Gasteiger partial charge >= 0.3 is 0 Å². The van der Waals surface area contributed by atoms with Crippen LogP contribution in [0.5, 0.6) is 17.2 Å². The van der Waals surface area contributed by atoms with E-state index in [1.165, 1.54) is 11.1 Å². The standard InChI is InChI=1S/C27H31N3O3/c1-31-24-19-26(33-3)25(32-2)18-23(24)20-28-30-16-14-29(15-17-30)27(21-10-6-4-7-11-21)22-12-8-5-9-13-22/h4-13,18-20,27H,14-17H2,1-3H3. The van der Waals surface area contributed by atoms with Gasteiger partial charge in [0, 0.05) is 37.8 Å². The average molecular weight is 446 g/mol. The first-order chi connectivity index (χ1) is 16.2. The van der Waals surface area contributed by atoms with Crippen LogP contribution in [0.1, 0.15) is 22.7 Å². The molecule has 0 atom stereocenters. The van der Waals surface area contributed by atoms with E-state index in [9.17, 15) is 0 Å². The van der Waals surface area contributed by atoms with Crippen LogP contribution in [0, 0.1) is 0 Å². The topological polar surface area (TPSA) is 46.5 Å². The lowest BCUT2D eigenvalue weighted by atomic mass is 9.96. The zero-order chi connectivity index (χ0) is 23.0. The molecule has 0 aromatic heterocycles. The van der Waals surface area contributed by atoms with E-state index in [4.69, 9.17) is 19.3 Å². The molecule has 0 saturated carbocycles. The lowest BCUT2D eigenvalue weighted by Gasteiger charge is -2.38. The van der Waals surface area contributed by atoms with Gasteiger partial charge in [-0.3, -0.25) is 9.91 Å². The van der Waals surface area contributed by atoms with Gasteiger partial charge in [0.05, 0.1) is 33.6 Å². The van der Waals surface area contributed by atoms with Gasteiger partial charge < -0.3 is 14.2 Å². The number of hydrazone groups is 1. The largest absolute Gasteiger partial charge is 0.496 e. The van der Waals surface area contributed by atoms with Gasteiger partial charge in [0.15, 0.2) is 11.5 Å². The Hall–Kier alpha value is -3.51. The van der Waals surface area contributed by atoms with Crippen molar-refractivity contribution in [3.05, 3.63) is 89.5 Å². The van der Waals surface area contributed by atoms with E-state index in [0.29, 0.717) is 17.2 Å². The highest BCUT2D eigenvalue weighted by molar-refractivity contribution is 5.85. The van der Waals surface area contributed by atoms with E-state index in [1.807, 2.05) is 18.3 Å². The Bertz CT molecular complexity index is 1010. The fourth-order valence-electron chi connectivity index (χ4n) is 4.27. The summed E-state index contributed by atoms with van der Waals surface area (Å²) in [5, 5.41) is 6.85. The quantitative estimate of drug-likeness (QED) is 0.480. The highest BCUT2D eigenvalue weighted by Gasteiger charge is 2.25. The zero-order valence-electron chi connectivity index (χ0n) is 19.5. The van der Waals surface area contributed by atoms with E-state index in [1.54, 1.807) is 21.3 Å². The van der Waals surface area contributed by atoms with Crippen molar-refractivity contribution in [3.63, 3.8) is 0 Å². The summed E-state index contributed by atoms with van der Waals surface area (Å²) in [5.74, 6) is 1.98. The Morgan fingerprint density at radius 2 is 1.21 bits per heavy atom. The van der Waals surface area contributed by atoms with Crippen molar-refractivity contribution < 1.29 is 14.2 Å². The number of benzene rings is 3. The predicted molar refractivity (Wildman–Crippen MR) is 132 cm³/mol. The SMILES string of the molecule is COc1cc(OC)c(OC)cc1C=NN1CCN(C(c2ccccc2)c2ccccc2)CC1. The molecular formula is C27H31N3O3. The maximum atomic E-state index is 5.52. The van der Waals surface area contributed by atoms with Gasteiger partial charge in [0.25, 0.3) is 0 Å².